The molecule has 0 radical (unpaired) electrons. The number of carbonyl (C=O) groups is 1. The van der Waals surface area contributed by atoms with Crippen LogP contribution in [0, 0.1) is 0 Å². The van der Waals surface area contributed by atoms with E-state index >= 15 is 0 Å². The number of nitrogens with zero attached hydrogens (tertiary/aromatic N) is 1. The highest BCUT2D eigenvalue weighted by molar-refractivity contribution is 7.07. The summed E-state index contributed by atoms with van der Waals surface area (Å²) < 4.78 is 0. The van der Waals surface area contributed by atoms with Gasteiger partial charge in [-0.3, -0.25) is 4.79 Å². The first-order valence-electron chi connectivity index (χ1n) is 4.93. The molecule has 1 aromatic heterocycles. The molecule has 0 spiro atoms. The van der Waals surface area contributed by atoms with Crippen molar-refractivity contribution in [1.29, 1.82) is 0 Å². The first-order chi connectivity index (χ1) is 7.11. The van der Waals surface area contributed by atoms with Gasteiger partial charge in [0.15, 0.2) is 0 Å². The maximum atomic E-state index is 11.7. The zero-order valence-corrected chi connectivity index (χ0v) is 9.80. The Bertz CT molecular complexity index is 313. The van der Waals surface area contributed by atoms with E-state index in [-0.39, 0.29) is 18.1 Å². The van der Waals surface area contributed by atoms with E-state index in [4.69, 9.17) is 5.11 Å². The lowest BCUT2D eigenvalue weighted by atomic mass is 9.95. The molecule has 5 heteroatoms. The molecular weight excluding hydrogens is 212 g/mol. The van der Waals surface area contributed by atoms with Crippen LogP contribution in [0.15, 0.2) is 10.9 Å². The molecule has 1 atom stereocenters. The smallest absolute Gasteiger partial charge is 0.271 e. The Hall–Kier alpha value is -0.940. The Labute approximate surface area is 93.4 Å². The van der Waals surface area contributed by atoms with Crippen LogP contribution in [0.5, 0.6) is 0 Å². The molecule has 1 amide bonds. The molecule has 1 heterocycles. The summed E-state index contributed by atoms with van der Waals surface area (Å²) in [4.78, 5) is 15.6. The summed E-state index contributed by atoms with van der Waals surface area (Å²) in [5.74, 6) is -0.172. The summed E-state index contributed by atoms with van der Waals surface area (Å²) in [5, 5.41) is 13.5. The largest absolute Gasteiger partial charge is 0.396 e. The van der Waals surface area contributed by atoms with Crippen LogP contribution in [-0.2, 0) is 0 Å². The van der Waals surface area contributed by atoms with Crippen LogP contribution in [0.25, 0.3) is 0 Å². The van der Waals surface area contributed by atoms with Crippen LogP contribution >= 0.6 is 11.3 Å². The van der Waals surface area contributed by atoms with Crippen molar-refractivity contribution in [2.75, 3.05) is 6.61 Å². The van der Waals surface area contributed by atoms with Gasteiger partial charge in [-0.05, 0) is 19.8 Å². The molecule has 0 aliphatic rings. The minimum Gasteiger partial charge on any atom is -0.396 e. The van der Waals surface area contributed by atoms with Crippen LogP contribution < -0.4 is 5.32 Å². The zero-order chi connectivity index (χ0) is 11.3. The van der Waals surface area contributed by atoms with Crippen LogP contribution in [0.4, 0.5) is 0 Å². The molecule has 0 saturated carbocycles. The van der Waals surface area contributed by atoms with E-state index in [2.05, 4.69) is 10.3 Å². The second-order valence-electron chi connectivity index (χ2n) is 3.72. The second kappa shape index (κ2) is 5.23. The highest BCUT2D eigenvalue weighted by Gasteiger charge is 2.24. The third kappa shape index (κ3) is 3.28. The topological polar surface area (TPSA) is 62.2 Å². The van der Waals surface area contributed by atoms with E-state index in [1.807, 2.05) is 13.8 Å². The van der Waals surface area contributed by atoms with Gasteiger partial charge in [-0.15, -0.1) is 11.3 Å². The molecular formula is C10H16N2O2S. The summed E-state index contributed by atoms with van der Waals surface area (Å²) in [6.07, 6.45) is 1.34. The molecule has 4 nitrogen and oxygen atoms in total. The summed E-state index contributed by atoms with van der Waals surface area (Å²) in [5.41, 5.74) is 1.72. The van der Waals surface area contributed by atoms with E-state index in [0.29, 0.717) is 12.1 Å². The number of rotatable bonds is 5. The van der Waals surface area contributed by atoms with Crippen LogP contribution in [0.3, 0.4) is 0 Å². The first-order valence-corrected chi connectivity index (χ1v) is 5.87. The Morgan fingerprint density at radius 3 is 2.93 bits per heavy atom. The number of carbonyl (C=O) groups excluding carboxylic acids is 1. The maximum absolute atomic E-state index is 11.7. The number of aromatic nitrogens is 1. The van der Waals surface area contributed by atoms with Crippen molar-refractivity contribution >= 4 is 17.2 Å². The minimum absolute atomic E-state index is 0.0711. The van der Waals surface area contributed by atoms with Gasteiger partial charge in [0.25, 0.3) is 5.91 Å². The van der Waals surface area contributed by atoms with Crippen molar-refractivity contribution in [3.63, 3.8) is 0 Å². The lowest BCUT2D eigenvalue weighted by molar-refractivity contribution is 0.0881. The summed E-state index contributed by atoms with van der Waals surface area (Å²) in [6.45, 7) is 3.98. The van der Waals surface area contributed by atoms with Crippen molar-refractivity contribution in [2.45, 2.75) is 32.2 Å². The second-order valence-corrected chi connectivity index (χ2v) is 4.43. The molecule has 84 valence electrons. The molecule has 15 heavy (non-hydrogen) atoms. The van der Waals surface area contributed by atoms with Gasteiger partial charge in [0.05, 0.1) is 5.51 Å². The van der Waals surface area contributed by atoms with E-state index < -0.39 is 0 Å². The van der Waals surface area contributed by atoms with Gasteiger partial charge < -0.3 is 10.4 Å². The number of hydrogen-bond acceptors (Lipinski definition) is 4. The zero-order valence-electron chi connectivity index (χ0n) is 8.99. The Balaban J connectivity index is 2.63. The van der Waals surface area contributed by atoms with Crippen LogP contribution in [0.2, 0.25) is 0 Å². The van der Waals surface area contributed by atoms with Crippen molar-refractivity contribution < 1.29 is 9.90 Å². The van der Waals surface area contributed by atoms with Gasteiger partial charge >= 0.3 is 0 Å². The summed E-state index contributed by atoms with van der Waals surface area (Å²) >= 11 is 1.39. The lowest BCUT2D eigenvalue weighted by Crippen LogP contribution is -2.46. The summed E-state index contributed by atoms with van der Waals surface area (Å²) in [7, 11) is 0. The number of thiazole rings is 1. The van der Waals surface area contributed by atoms with Crippen molar-refractivity contribution in [1.82, 2.24) is 10.3 Å². The molecule has 2 N–H and O–H groups in total. The average Bonchev–Trinajstić information content (AvgIpc) is 2.71. The molecule has 0 saturated heterocycles. The van der Waals surface area contributed by atoms with E-state index in [1.54, 1.807) is 10.9 Å². The molecule has 0 aliphatic carbocycles. The SMILES string of the molecule is CC[C@@](C)(CCO)NC(=O)c1cscn1. The number of hydrogen-bond donors (Lipinski definition) is 2. The molecule has 0 aromatic carbocycles. The fourth-order valence-corrected chi connectivity index (χ4v) is 1.77. The predicted molar refractivity (Wildman–Crippen MR) is 60.0 cm³/mol. The number of aliphatic hydroxyl groups is 1. The number of aliphatic hydroxyl groups excluding tert-OH is 1. The van der Waals surface area contributed by atoms with Gasteiger partial charge in [0.1, 0.15) is 5.69 Å². The fraction of sp³-hybridized carbons (Fsp3) is 0.600. The molecule has 1 aromatic rings. The Kier molecular flexibility index (Phi) is 4.23. The molecule has 1 rings (SSSR count). The van der Waals surface area contributed by atoms with Crippen molar-refractivity contribution in [2.24, 2.45) is 0 Å². The predicted octanol–water partition coefficient (Wildman–Crippen LogP) is 1.42. The van der Waals surface area contributed by atoms with Gasteiger partial charge in [-0.2, -0.15) is 0 Å². The first kappa shape index (κ1) is 12.1. The standard InChI is InChI=1S/C10H16N2O2S/c1-3-10(2,4-5-13)12-9(14)8-6-15-7-11-8/h6-7,13H,3-5H2,1-2H3,(H,12,14)/t10-/m0/s1. The van der Waals surface area contributed by atoms with Gasteiger partial charge in [0.2, 0.25) is 0 Å². The Morgan fingerprint density at radius 1 is 1.73 bits per heavy atom. The monoisotopic (exact) mass is 228 g/mol. The van der Waals surface area contributed by atoms with Gasteiger partial charge in [-0.25, -0.2) is 4.98 Å². The van der Waals surface area contributed by atoms with Gasteiger partial charge in [0, 0.05) is 17.5 Å². The van der Waals surface area contributed by atoms with E-state index in [1.165, 1.54) is 11.3 Å². The number of nitrogens with one attached hydrogen (secondary N) is 1. The average molecular weight is 228 g/mol. The third-order valence-corrected chi connectivity index (χ3v) is 3.11. The quantitative estimate of drug-likeness (QED) is 0.801. The van der Waals surface area contributed by atoms with Gasteiger partial charge in [-0.1, -0.05) is 6.92 Å². The Morgan fingerprint density at radius 2 is 2.47 bits per heavy atom. The fourth-order valence-electron chi connectivity index (χ4n) is 1.24. The maximum Gasteiger partial charge on any atom is 0.271 e. The van der Waals surface area contributed by atoms with Crippen molar-refractivity contribution in [3.05, 3.63) is 16.6 Å². The summed E-state index contributed by atoms with van der Waals surface area (Å²) in [6, 6.07) is 0. The lowest BCUT2D eigenvalue weighted by Gasteiger charge is -2.28. The molecule has 0 unspecified atom stereocenters. The third-order valence-electron chi connectivity index (χ3n) is 2.52. The normalized spacial score (nSPS) is 14.6. The minimum atomic E-state index is -0.352. The molecule has 0 fully saturated rings. The van der Waals surface area contributed by atoms with E-state index in [9.17, 15) is 4.79 Å². The van der Waals surface area contributed by atoms with E-state index in [0.717, 1.165) is 6.42 Å². The van der Waals surface area contributed by atoms with Crippen molar-refractivity contribution in [3.8, 4) is 0 Å². The van der Waals surface area contributed by atoms with Crippen LogP contribution in [-0.4, -0.2) is 28.1 Å². The number of amides is 1. The molecule has 0 aliphatic heterocycles. The highest BCUT2D eigenvalue weighted by atomic mass is 32.1. The van der Waals surface area contributed by atoms with Crippen LogP contribution in [0.1, 0.15) is 37.2 Å². The highest BCUT2D eigenvalue weighted by Crippen LogP contribution is 2.14. The molecule has 0 bridgehead atoms.